The van der Waals surface area contributed by atoms with E-state index >= 15 is 0 Å². The lowest BCUT2D eigenvalue weighted by molar-refractivity contribution is 0.897. The highest BCUT2D eigenvalue weighted by molar-refractivity contribution is 7.20. The van der Waals surface area contributed by atoms with Crippen LogP contribution in [0.15, 0.2) is 34.2 Å². The van der Waals surface area contributed by atoms with Crippen LogP contribution in [-0.2, 0) is 0 Å². The number of para-hydroxylation sites is 1. The number of anilines is 1. The summed E-state index contributed by atoms with van der Waals surface area (Å²) in [4.78, 5) is 18.5. The average Bonchev–Trinajstić information content (AvgIpc) is 2.92. The first-order chi connectivity index (χ1) is 10.1. The smallest absolute Gasteiger partial charge is 0.274 e. The van der Waals surface area contributed by atoms with Gasteiger partial charge in [-0.25, -0.2) is 10.4 Å². The third-order valence-corrected chi connectivity index (χ3v) is 3.94. The molecule has 0 radical (unpaired) electrons. The molecule has 0 atom stereocenters. The highest BCUT2D eigenvalue weighted by Gasteiger charge is 2.06. The number of benzene rings is 1. The Morgan fingerprint density at radius 1 is 1.33 bits per heavy atom. The molecule has 8 heteroatoms. The summed E-state index contributed by atoms with van der Waals surface area (Å²) in [6.07, 6.45) is 0. The molecule has 2 heterocycles. The minimum absolute atomic E-state index is 0.200. The monoisotopic (exact) mass is 300 g/mol. The molecule has 3 rings (SSSR count). The summed E-state index contributed by atoms with van der Waals surface area (Å²) in [6, 6.07) is 7.89. The van der Waals surface area contributed by atoms with Crippen molar-refractivity contribution in [3.63, 3.8) is 0 Å². The molecule has 2 N–H and O–H groups in total. The Bertz CT molecular complexity index is 848. The molecule has 0 saturated heterocycles. The number of hydrogen-bond acceptors (Lipinski definition) is 7. The van der Waals surface area contributed by atoms with E-state index in [-0.39, 0.29) is 11.5 Å². The van der Waals surface area contributed by atoms with Crippen LogP contribution in [-0.4, -0.2) is 25.9 Å². The Labute approximate surface area is 123 Å². The van der Waals surface area contributed by atoms with Gasteiger partial charge in [-0.05, 0) is 26.0 Å². The second-order valence-electron chi connectivity index (χ2n) is 4.38. The first-order valence-electron chi connectivity index (χ1n) is 6.23. The van der Waals surface area contributed by atoms with Gasteiger partial charge in [0, 0.05) is 0 Å². The van der Waals surface area contributed by atoms with Crippen molar-refractivity contribution in [1.82, 2.24) is 20.2 Å². The normalized spacial score (nSPS) is 11.8. The third kappa shape index (κ3) is 2.79. The summed E-state index contributed by atoms with van der Waals surface area (Å²) in [7, 11) is 0. The maximum absolute atomic E-state index is 11.4. The molecule has 0 aliphatic carbocycles. The fourth-order valence-electron chi connectivity index (χ4n) is 1.66. The van der Waals surface area contributed by atoms with Crippen LogP contribution in [0, 0.1) is 6.92 Å². The molecular weight excluding hydrogens is 288 g/mol. The van der Waals surface area contributed by atoms with Gasteiger partial charge in [0.2, 0.25) is 5.95 Å². The van der Waals surface area contributed by atoms with Crippen molar-refractivity contribution in [2.75, 3.05) is 5.43 Å². The molecule has 0 aliphatic heterocycles. The van der Waals surface area contributed by atoms with Gasteiger partial charge >= 0.3 is 0 Å². The summed E-state index contributed by atoms with van der Waals surface area (Å²) < 4.78 is 1.10. The molecule has 106 valence electrons. The predicted molar refractivity (Wildman–Crippen MR) is 82.8 cm³/mol. The van der Waals surface area contributed by atoms with Crippen molar-refractivity contribution < 1.29 is 0 Å². The summed E-state index contributed by atoms with van der Waals surface area (Å²) in [5.41, 5.74) is 4.35. The van der Waals surface area contributed by atoms with Gasteiger partial charge in [0.1, 0.15) is 10.7 Å². The van der Waals surface area contributed by atoms with E-state index in [0.717, 1.165) is 15.2 Å². The molecule has 0 saturated carbocycles. The molecule has 2 aromatic heterocycles. The van der Waals surface area contributed by atoms with Crippen LogP contribution >= 0.6 is 11.3 Å². The van der Waals surface area contributed by atoms with Crippen molar-refractivity contribution in [3.8, 4) is 0 Å². The van der Waals surface area contributed by atoms with E-state index in [1.165, 1.54) is 0 Å². The molecule has 21 heavy (non-hydrogen) atoms. The molecule has 1 aromatic carbocycles. The number of aryl methyl sites for hydroxylation is 1. The first kappa shape index (κ1) is 13.4. The topological polar surface area (TPSA) is 95.9 Å². The minimum atomic E-state index is -0.291. The average molecular weight is 300 g/mol. The van der Waals surface area contributed by atoms with Crippen LogP contribution in [0.3, 0.4) is 0 Å². The van der Waals surface area contributed by atoms with Gasteiger partial charge in [0.05, 0.1) is 15.9 Å². The highest BCUT2D eigenvalue weighted by atomic mass is 32.1. The fourth-order valence-corrected chi connectivity index (χ4v) is 2.57. The maximum atomic E-state index is 11.4. The van der Waals surface area contributed by atoms with Crippen LogP contribution in [0.25, 0.3) is 10.2 Å². The van der Waals surface area contributed by atoms with Gasteiger partial charge in [-0.2, -0.15) is 5.10 Å². The lowest BCUT2D eigenvalue weighted by atomic mass is 10.3. The number of fused-ring (bicyclic) bond motifs is 1. The van der Waals surface area contributed by atoms with Gasteiger partial charge in [-0.3, -0.25) is 9.78 Å². The van der Waals surface area contributed by atoms with E-state index in [9.17, 15) is 4.79 Å². The molecule has 0 aliphatic rings. The van der Waals surface area contributed by atoms with Crippen molar-refractivity contribution in [1.29, 1.82) is 0 Å². The second-order valence-corrected chi connectivity index (χ2v) is 5.41. The number of nitrogens with one attached hydrogen (secondary N) is 2. The third-order valence-electron chi connectivity index (χ3n) is 2.79. The Morgan fingerprint density at radius 2 is 2.14 bits per heavy atom. The Balaban J connectivity index is 1.85. The summed E-state index contributed by atoms with van der Waals surface area (Å²) in [6.45, 7) is 3.43. The molecular formula is C13H12N6OS. The summed E-state index contributed by atoms with van der Waals surface area (Å²) >= 11 is 1.56. The predicted octanol–water partition coefficient (Wildman–Crippen LogP) is 1.92. The maximum Gasteiger partial charge on any atom is 0.274 e. The van der Waals surface area contributed by atoms with Crippen molar-refractivity contribution in [2.45, 2.75) is 13.8 Å². The van der Waals surface area contributed by atoms with Gasteiger partial charge in [-0.1, -0.05) is 12.1 Å². The Hall–Kier alpha value is -2.61. The van der Waals surface area contributed by atoms with Gasteiger partial charge in [0.25, 0.3) is 5.56 Å². The molecule has 0 bridgehead atoms. The molecule has 7 nitrogen and oxygen atoms in total. The number of thiazole rings is 1. The van der Waals surface area contributed by atoms with Crippen LogP contribution in [0.4, 0.5) is 5.95 Å². The van der Waals surface area contributed by atoms with E-state index in [2.05, 4.69) is 30.7 Å². The zero-order chi connectivity index (χ0) is 14.8. The number of aromatic nitrogens is 4. The van der Waals surface area contributed by atoms with Crippen molar-refractivity contribution in [2.24, 2.45) is 5.10 Å². The fraction of sp³-hybridized carbons (Fsp3) is 0.154. The zero-order valence-corrected chi connectivity index (χ0v) is 12.2. The highest BCUT2D eigenvalue weighted by Crippen LogP contribution is 2.21. The van der Waals surface area contributed by atoms with E-state index in [1.54, 1.807) is 18.3 Å². The van der Waals surface area contributed by atoms with E-state index < -0.39 is 0 Å². The number of hydrogen-bond donors (Lipinski definition) is 2. The summed E-state index contributed by atoms with van der Waals surface area (Å²) in [5, 5.41) is 12.5. The lowest BCUT2D eigenvalue weighted by Gasteiger charge is -1.99. The van der Waals surface area contributed by atoms with E-state index in [1.807, 2.05) is 31.2 Å². The Kier molecular flexibility index (Phi) is 3.44. The number of aromatic amines is 1. The van der Waals surface area contributed by atoms with Crippen LogP contribution in [0.1, 0.15) is 17.6 Å². The zero-order valence-electron chi connectivity index (χ0n) is 11.4. The van der Waals surface area contributed by atoms with Gasteiger partial charge < -0.3 is 0 Å². The SMILES string of the molecule is C/C(=N/Nc1nnc(C)c(=O)[nH]1)c1nc2ccccc2s1. The molecule has 0 fully saturated rings. The number of nitrogens with zero attached hydrogens (tertiary/aromatic N) is 4. The van der Waals surface area contributed by atoms with Crippen LogP contribution in [0.2, 0.25) is 0 Å². The van der Waals surface area contributed by atoms with Gasteiger partial charge in [-0.15, -0.1) is 21.5 Å². The van der Waals surface area contributed by atoms with Gasteiger partial charge in [0.15, 0.2) is 0 Å². The number of rotatable bonds is 3. The van der Waals surface area contributed by atoms with E-state index in [0.29, 0.717) is 11.4 Å². The standard InChI is InChI=1S/C13H12N6OS/c1-7-11(20)15-13(18-16-7)19-17-8(2)12-14-9-5-3-4-6-10(9)21-12/h3-6H,1-2H3,(H2,15,18,19,20)/b17-8-. The second kappa shape index (κ2) is 5.41. The van der Waals surface area contributed by atoms with Crippen molar-refractivity contribution in [3.05, 3.63) is 45.3 Å². The minimum Gasteiger partial charge on any atom is -0.288 e. The van der Waals surface area contributed by atoms with Crippen molar-refractivity contribution >= 4 is 33.2 Å². The molecule has 0 unspecified atom stereocenters. The Morgan fingerprint density at radius 3 is 2.90 bits per heavy atom. The quantitative estimate of drug-likeness (QED) is 0.569. The molecule has 0 spiro atoms. The molecule has 3 aromatic rings. The first-order valence-corrected chi connectivity index (χ1v) is 7.05. The number of H-pyrrole nitrogens is 1. The largest absolute Gasteiger partial charge is 0.288 e. The lowest BCUT2D eigenvalue weighted by Crippen LogP contribution is -2.16. The summed E-state index contributed by atoms with van der Waals surface area (Å²) in [5.74, 6) is 0.200. The van der Waals surface area contributed by atoms with Crippen LogP contribution in [0.5, 0.6) is 0 Å². The van der Waals surface area contributed by atoms with Crippen LogP contribution < -0.4 is 11.0 Å². The molecule has 0 amide bonds. The number of hydrazone groups is 1. The van der Waals surface area contributed by atoms with E-state index in [4.69, 9.17) is 0 Å².